The number of nitrogens with zero attached hydrogens (tertiary/aromatic N) is 3. The molecule has 2 unspecified atom stereocenters. The molecule has 0 amide bonds. The van der Waals surface area contributed by atoms with E-state index in [1.807, 2.05) is 4.68 Å². The molecule has 1 aliphatic heterocycles. The molecule has 1 aliphatic rings. The summed E-state index contributed by atoms with van der Waals surface area (Å²) < 4.78 is 2.00. The van der Waals surface area contributed by atoms with Crippen LogP contribution in [0.2, 0.25) is 0 Å². The zero-order valence-corrected chi connectivity index (χ0v) is 11.3. The quantitative estimate of drug-likeness (QED) is 0.867. The lowest BCUT2D eigenvalue weighted by atomic mass is 9.99. The first-order valence-corrected chi connectivity index (χ1v) is 6.65. The third-order valence-electron chi connectivity index (χ3n) is 3.56. The van der Waals surface area contributed by atoms with E-state index in [9.17, 15) is 0 Å². The lowest BCUT2D eigenvalue weighted by Crippen LogP contribution is -2.57. The van der Waals surface area contributed by atoms with E-state index in [0.29, 0.717) is 18.0 Å². The second-order valence-electron chi connectivity index (χ2n) is 5.30. The van der Waals surface area contributed by atoms with Crippen molar-refractivity contribution in [2.45, 2.75) is 46.3 Å². The Hall–Kier alpha value is -1.03. The predicted molar refractivity (Wildman–Crippen MR) is 71.3 cm³/mol. The number of hydrogen-bond donors (Lipinski definition) is 1. The monoisotopic (exact) mass is 236 g/mol. The second kappa shape index (κ2) is 5.08. The lowest BCUT2D eigenvalue weighted by Gasteiger charge is -2.41. The first kappa shape index (κ1) is 12.4. The molecule has 4 nitrogen and oxygen atoms in total. The number of piperazine rings is 1. The third kappa shape index (κ3) is 2.63. The van der Waals surface area contributed by atoms with Gasteiger partial charge in [0.15, 0.2) is 5.82 Å². The van der Waals surface area contributed by atoms with Crippen molar-refractivity contribution >= 4 is 5.82 Å². The summed E-state index contributed by atoms with van der Waals surface area (Å²) in [5, 5.41) is 8.19. The van der Waals surface area contributed by atoms with Crippen LogP contribution in [0.25, 0.3) is 0 Å². The minimum Gasteiger partial charge on any atom is -0.349 e. The highest BCUT2D eigenvalue weighted by atomic mass is 15.4. The van der Waals surface area contributed by atoms with Crippen LogP contribution >= 0.6 is 0 Å². The Labute approximate surface area is 104 Å². The van der Waals surface area contributed by atoms with E-state index in [2.05, 4.69) is 55.3 Å². The predicted octanol–water partition coefficient (Wildman–Crippen LogP) is 1.73. The third-order valence-corrected chi connectivity index (χ3v) is 3.56. The molecule has 1 N–H and O–H groups in total. The summed E-state index contributed by atoms with van der Waals surface area (Å²) in [4.78, 5) is 2.46. The molecule has 1 fully saturated rings. The van der Waals surface area contributed by atoms with Crippen molar-refractivity contribution in [3.63, 3.8) is 0 Å². The highest BCUT2D eigenvalue weighted by molar-refractivity contribution is 5.40. The molecule has 2 rings (SSSR count). The molecule has 2 atom stereocenters. The van der Waals surface area contributed by atoms with Gasteiger partial charge in [0.05, 0.1) is 0 Å². The van der Waals surface area contributed by atoms with Crippen molar-refractivity contribution in [2.75, 3.05) is 18.0 Å². The molecule has 4 heteroatoms. The van der Waals surface area contributed by atoms with E-state index < -0.39 is 0 Å². The van der Waals surface area contributed by atoms with Gasteiger partial charge in [-0.15, -0.1) is 0 Å². The number of aryl methyl sites for hydroxylation is 1. The molecule has 0 aromatic carbocycles. The first-order valence-electron chi connectivity index (χ1n) is 6.65. The highest BCUT2D eigenvalue weighted by Gasteiger charge is 2.29. The lowest BCUT2D eigenvalue weighted by molar-refractivity contribution is 0.346. The normalized spacial score (nSPS) is 25.6. The van der Waals surface area contributed by atoms with E-state index in [4.69, 9.17) is 0 Å². The summed E-state index contributed by atoms with van der Waals surface area (Å²) in [7, 11) is 0. The fourth-order valence-electron chi connectivity index (χ4n) is 2.47. The van der Waals surface area contributed by atoms with E-state index in [0.717, 1.165) is 25.5 Å². The summed E-state index contributed by atoms with van der Waals surface area (Å²) >= 11 is 0. The number of rotatable bonds is 3. The zero-order valence-electron chi connectivity index (χ0n) is 11.3. The van der Waals surface area contributed by atoms with Gasteiger partial charge in [-0.25, -0.2) is 0 Å². The maximum absolute atomic E-state index is 4.63. The van der Waals surface area contributed by atoms with Crippen molar-refractivity contribution in [3.8, 4) is 0 Å². The van der Waals surface area contributed by atoms with Gasteiger partial charge in [0.25, 0.3) is 0 Å². The Kier molecular flexibility index (Phi) is 3.72. The van der Waals surface area contributed by atoms with E-state index in [1.54, 1.807) is 0 Å². The maximum atomic E-state index is 4.63. The van der Waals surface area contributed by atoms with Crippen molar-refractivity contribution in [1.82, 2.24) is 15.1 Å². The topological polar surface area (TPSA) is 33.1 Å². The smallest absolute Gasteiger partial charge is 0.150 e. The van der Waals surface area contributed by atoms with Crippen molar-refractivity contribution in [3.05, 3.63) is 12.3 Å². The summed E-state index contributed by atoms with van der Waals surface area (Å²) in [6, 6.07) is 3.22. The number of hydrogen-bond acceptors (Lipinski definition) is 3. The molecule has 0 saturated carbocycles. The molecule has 96 valence electrons. The molecule has 0 aliphatic carbocycles. The second-order valence-corrected chi connectivity index (χ2v) is 5.30. The van der Waals surface area contributed by atoms with Crippen LogP contribution in [0.3, 0.4) is 0 Å². The summed E-state index contributed by atoms with van der Waals surface area (Å²) in [6.45, 7) is 12.0. The van der Waals surface area contributed by atoms with Crippen LogP contribution < -0.4 is 10.2 Å². The fraction of sp³-hybridized carbons (Fsp3) is 0.769. The van der Waals surface area contributed by atoms with Crippen LogP contribution in [-0.4, -0.2) is 35.0 Å². The molecular formula is C13H24N4. The maximum Gasteiger partial charge on any atom is 0.150 e. The average molecular weight is 236 g/mol. The van der Waals surface area contributed by atoms with Crippen LogP contribution in [0.15, 0.2) is 12.3 Å². The van der Waals surface area contributed by atoms with Gasteiger partial charge in [0.2, 0.25) is 0 Å². The standard InChI is InChI=1S/C13H24N4/c1-5-16-7-6-13(15-16)17-9-11(4)14-8-12(17)10(2)3/h6-7,10-12,14H,5,8-9H2,1-4H3. The summed E-state index contributed by atoms with van der Waals surface area (Å²) in [5.74, 6) is 1.76. The van der Waals surface area contributed by atoms with E-state index in [1.165, 1.54) is 0 Å². The minimum absolute atomic E-state index is 0.539. The Balaban J connectivity index is 2.19. The van der Waals surface area contributed by atoms with Gasteiger partial charge in [0.1, 0.15) is 0 Å². The molecule has 0 radical (unpaired) electrons. The van der Waals surface area contributed by atoms with Crippen LogP contribution in [0.4, 0.5) is 5.82 Å². The van der Waals surface area contributed by atoms with Crippen molar-refractivity contribution in [1.29, 1.82) is 0 Å². The van der Waals surface area contributed by atoms with E-state index >= 15 is 0 Å². The summed E-state index contributed by atoms with van der Waals surface area (Å²) in [6.07, 6.45) is 2.07. The molecule has 0 bridgehead atoms. The van der Waals surface area contributed by atoms with Gasteiger partial charge in [-0.1, -0.05) is 13.8 Å². The number of anilines is 1. The molecule has 1 aromatic heterocycles. The summed E-state index contributed by atoms with van der Waals surface area (Å²) in [5.41, 5.74) is 0. The number of aromatic nitrogens is 2. The Morgan fingerprint density at radius 1 is 1.53 bits per heavy atom. The molecule has 17 heavy (non-hydrogen) atoms. The first-order chi connectivity index (χ1) is 8.11. The Morgan fingerprint density at radius 2 is 2.29 bits per heavy atom. The van der Waals surface area contributed by atoms with Crippen LogP contribution in [0.5, 0.6) is 0 Å². The van der Waals surface area contributed by atoms with Crippen LogP contribution in [0, 0.1) is 5.92 Å². The van der Waals surface area contributed by atoms with Crippen LogP contribution in [0.1, 0.15) is 27.7 Å². The SMILES string of the molecule is CCn1ccc(N2CC(C)NCC2C(C)C)n1. The molecular weight excluding hydrogens is 212 g/mol. The number of nitrogens with one attached hydrogen (secondary N) is 1. The van der Waals surface area contributed by atoms with Gasteiger partial charge >= 0.3 is 0 Å². The molecule has 0 spiro atoms. The van der Waals surface area contributed by atoms with Crippen molar-refractivity contribution < 1.29 is 0 Å². The molecule has 2 heterocycles. The zero-order chi connectivity index (χ0) is 12.4. The van der Waals surface area contributed by atoms with Gasteiger partial charge in [0, 0.05) is 44.0 Å². The average Bonchev–Trinajstić information content (AvgIpc) is 2.76. The van der Waals surface area contributed by atoms with Gasteiger partial charge in [-0.3, -0.25) is 4.68 Å². The minimum atomic E-state index is 0.539. The molecule has 1 aromatic rings. The van der Waals surface area contributed by atoms with Crippen molar-refractivity contribution in [2.24, 2.45) is 5.92 Å². The highest BCUT2D eigenvalue weighted by Crippen LogP contribution is 2.21. The van der Waals surface area contributed by atoms with Crippen LogP contribution in [-0.2, 0) is 6.54 Å². The Morgan fingerprint density at radius 3 is 2.88 bits per heavy atom. The molecule has 1 saturated heterocycles. The fourth-order valence-corrected chi connectivity index (χ4v) is 2.47. The largest absolute Gasteiger partial charge is 0.349 e. The van der Waals surface area contributed by atoms with E-state index in [-0.39, 0.29) is 0 Å². The van der Waals surface area contributed by atoms with Gasteiger partial charge < -0.3 is 10.2 Å². The van der Waals surface area contributed by atoms with Gasteiger partial charge in [-0.2, -0.15) is 5.10 Å². The Bertz CT molecular complexity index is 358. The van der Waals surface area contributed by atoms with Gasteiger partial charge in [-0.05, 0) is 19.8 Å².